The Hall–Kier alpha value is -1.59. The summed E-state index contributed by atoms with van der Waals surface area (Å²) in [5, 5.41) is 0. The fourth-order valence-corrected chi connectivity index (χ4v) is 2.12. The van der Waals surface area contributed by atoms with Gasteiger partial charge in [-0.15, -0.1) is 0 Å². The van der Waals surface area contributed by atoms with Gasteiger partial charge in [-0.1, -0.05) is 6.07 Å². The Morgan fingerprint density at radius 3 is 2.89 bits per heavy atom. The van der Waals surface area contributed by atoms with Gasteiger partial charge in [0, 0.05) is 13.6 Å². The SMILES string of the molecule is CN(CCCN)CCc1ccc2oc(=O)n(C)c2c1. The maximum atomic E-state index is 11.4. The topological polar surface area (TPSA) is 64.4 Å². The monoisotopic (exact) mass is 263 g/mol. The van der Waals surface area contributed by atoms with Gasteiger partial charge in [-0.3, -0.25) is 4.57 Å². The largest absolute Gasteiger partial charge is 0.419 e. The highest BCUT2D eigenvalue weighted by molar-refractivity contribution is 5.73. The minimum absolute atomic E-state index is 0.313. The number of benzene rings is 1. The molecule has 0 aliphatic heterocycles. The van der Waals surface area contributed by atoms with Crippen LogP contribution < -0.4 is 11.5 Å². The van der Waals surface area contributed by atoms with Gasteiger partial charge in [0.2, 0.25) is 0 Å². The van der Waals surface area contributed by atoms with E-state index in [-0.39, 0.29) is 5.76 Å². The van der Waals surface area contributed by atoms with Crippen LogP contribution in [0.15, 0.2) is 27.4 Å². The molecular formula is C14H21N3O2. The molecule has 2 rings (SSSR count). The second-order valence-corrected chi connectivity index (χ2v) is 4.92. The summed E-state index contributed by atoms with van der Waals surface area (Å²) >= 11 is 0. The fourth-order valence-electron chi connectivity index (χ4n) is 2.12. The number of aryl methyl sites for hydroxylation is 1. The van der Waals surface area contributed by atoms with E-state index in [0.717, 1.165) is 38.0 Å². The summed E-state index contributed by atoms with van der Waals surface area (Å²) < 4.78 is 6.65. The van der Waals surface area contributed by atoms with E-state index in [1.807, 2.05) is 18.2 Å². The van der Waals surface area contributed by atoms with Gasteiger partial charge in [0.1, 0.15) is 0 Å². The van der Waals surface area contributed by atoms with Crippen LogP contribution in [0.1, 0.15) is 12.0 Å². The highest BCUT2D eigenvalue weighted by Crippen LogP contribution is 2.14. The molecule has 2 N–H and O–H groups in total. The Bertz CT molecular complexity index is 600. The lowest BCUT2D eigenvalue weighted by atomic mass is 10.1. The number of oxazole rings is 1. The maximum Gasteiger partial charge on any atom is 0.419 e. The summed E-state index contributed by atoms with van der Waals surface area (Å²) in [4.78, 5) is 13.7. The predicted molar refractivity (Wildman–Crippen MR) is 76.3 cm³/mol. The first-order chi connectivity index (χ1) is 9.11. The van der Waals surface area contributed by atoms with E-state index in [2.05, 4.69) is 11.9 Å². The lowest BCUT2D eigenvalue weighted by Crippen LogP contribution is -2.24. The van der Waals surface area contributed by atoms with Crippen molar-refractivity contribution in [2.75, 3.05) is 26.7 Å². The summed E-state index contributed by atoms with van der Waals surface area (Å²) in [5.74, 6) is -0.313. The van der Waals surface area contributed by atoms with Crippen LogP contribution in [0, 0.1) is 0 Å². The van der Waals surface area contributed by atoms with Gasteiger partial charge < -0.3 is 15.1 Å². The molecule has 0 aliphatic rings. The van der Waals surface area contributed by atoms with Crippen LogP contribution >= 0.6 is 0 Å². The third kappa shape index (κ3) is 3.24. The number of aromatic nitrogens is 1. The van der Waals surface area contributed by atoms with Crippen LogP contribution in [-0.4, -0.2) is 36.1 Å². The third-order valence-electron chi connectivity index (χ3n) is 3.38. The van der Waals surface area contributed by atoms with Crippen molar-refractivity contribution in [3.8, 4) is 0 Å². The van der Waals surface area contributed by atoms with E-state index in [9.17, 15) is 4.79 Å². The van der Waals surface area contributed by atoms with Crippen molar-refractivity contribution in [1.29, 1.82) is 0 Å². The van der Waals surface area contributed by atoms with Crippen LogP contribution in [-0.2, 0) is 13.5 Å². The van der Waals surface area contributed by atoms with Gasteiger partial charge in [-0.05, 0) is 50.7 Å². The Balaban J connectivity index is 2.05. The second kappa shape index (κ2) is 6.04. The van der Waals surface area contributed by atoms with E-state index < -0.39 is 0 Å². The van der Waals surface area contributed by atoms with E-state index in [1.165, 1.54) is 10.1 Å². The average Bonchev–Trinajstić information content (AvgIpc) is 2.69. The quantitative estimate of drug-likeness (QED) is 0.843. The van der Waals surface area contributed by atoms with Gasteiger partial charge in [-0.25, -0.2) is 4.79 Å². The van der Waals surface area contributed by atoms with Crippen LogP contribution in [0.25, 0.3) is 11.1 Å². The van der Waals surface area contributed by atoms with E-state index in [1.54, 1.807) is 7.05 Å². The van der Waals surface area contributed by atoms with Crippen LogP contribution in [0.3, 0.4) is 0 Å². The molecule has 104 valence electrons. The maximum absolute atomic E-state index is 11.4. The van der Waals surface area contributed by atoms with Gasteiger partial charge >= 0.3 is 5.76 Å². The van der Waals surface area contributed by atoms with Crippen molar-refractivity contribution in [2.45, 2.75) is 12.8 Å². The molecule has 0 unspecified atom stereocenters. The molecule has 0 amide bonds. The first-order valence-electron chi connectivity index (χ1n) is 6.59. The van der Waals surface area contributed by atoms with Crippen molar-refractivity contribution in [3.05, 3.63) is 34.3 Å². The van der Waals surface area contributed by atoms with Gasteiger partial charge in [-0.2, -0.15) is 0 Å². The van der Waals surface area contributed by atoms with Crippen molar-refractivity contribution in [1.82, 2.24) is 9.47 Å². The normalized spacial score (nSPS) is 11.6. The smallest absolute Gasteiger partial charge is 0.408 e. The average molecular weight is 263 g/mol. The molecule has 5 heteroatoms. The van der Waals surface area contributed by atoms with Crippen molar-refractivity contribution in [3.63, 3.8) is 0 Å². The lowest BCUT2D eigenvalue weighted by molar-refractivity contribution is 0.335. The molecule has 19 heavy (non-hydrogen) atoms. The summed E-state index contributed by atoms with van der Waals surface area (Å²) in [6.07, 6.45) is 1.97. The lowest BCUT2D eigenvalue weighted by Gasteiger charge is -2.15. The number of nitrogens with zero attached hydrogens (tertiary/aromatic N) is 2. The summed E-state index contributed by atoms with van der Waals surface area (Å²) in [7, 11) is 3.83. The first-order valence-corrected chi connectivity index (χ1v) is 6.59. The molecule has 0 fully saturated rings. The Kier molecular flexibility index (Phi) is 4.39. The number of fused-ring (bicyclic) bond motifs is 1. The van der Waals surface area contributed by atoms with Crippen LogP contribution in [0.2, 0.25) is 0 Å². The zero-order valence-corrected chi connectivity index (χ0v) is 11.6. The number of hydrogen-bond donors (Lipinski definition) is 1. The van der Waals surface area contributed by atoms with Gasteiger partial charge in [0.15, 0.2) is 5.58 Å². The summed E-state index contributed by atoms with van der Waals surface area (Å²) in [5.41, 5.74) is 8.21. The zero-order valence-electron chi connectivity index (χ0n) is 11.6. The number of rotatable bonds is 6. The van der Waals surface area contributed by atoms with Crippen molar-refractivity contribution >= 4 is 11.1 Å². The highest BCUT2D eigenvalue weighted by Gasteiger charge is 2.07. The molecule has 0 saturated carbocycles. The molecule has 1 aromatic carbocycles. The zero-order chi connectivity index (χ0) is 13.8. The second-order valence-electron chi connectivity index (χ2n) is 4.92. The van der Waals surface area contributed by atoms with E-state index in [0.29, 0.717) is 5.58 Å². The molecule has 2 aromatic rings. The minimum Gasteiger partial charge on any atom is -0.408 e. The molecule has 0 saturated heterocycles. The summed E-state index contributed by atoms with van der Waals surface area (Å²) in [6.45, 7) is 2.73. The van der Waals surface area contributed by atoms with Crippen molar-refractivity contribution in [2.24, 2.45) is 12.8 Å². The predicted octanol–water partition coefficient (Wildman–Crippen LogP) is 0.955. The molecule has 0 spiro atoms. The highest BCUT2D eigenvalue weighted by atomic mass is 16.4. The molecule has 0 aliphatic carbocycles. The van der Waals surface area contributed by atoms with Gasteiger partial charge in [0.05, 0.1) is 5.52 Å². The third-order valence-corrected chi connectivity index (χ3v) is 3.38. The van der Waals surface area contributed by atoms with Crippen LogP contribution in [0.5, 0.6) is 0 Å². The van der Waals surface area contributed by atoms with Crippen LogP contribution in [0.4, 0.5) is 0 Å². The fraction of sp³-hybridized carbons (Fsp3) is 0.500. The molecule has 1 heterocycles. The standard InChI is InChI=1S/C14H21N3O2/c1-16(8-3-7-15)9-6-11-4-5-13-12(10-11)17(2)14(18)19-13/h4-5,10H,3,6-9,15H2,1-2H3. The van der Waals surface area contributed by atoms with E-state index in [4.69, 9.17) is 10.2 Å². The minimum atomic E-state index is -0.313. The molecule has 0 radical (unpaired) electrons. The molecule has 5 nitrogen and oxygen atoms in total. The number of nitrogens with two attached hydrogens (primary N) is 1. The van der Waals surface area contributed by atoms with Crippen molar-refractivity contribution < 1.29 is 4.42 Å². The Morgan fingerprint density at radius 2 is 2.16 bits per heavy atom. The Morgan fingerprint density at radius 1 is 1.37 bits per heavy atom. The number of likely N-dealkylation sites (N-methyl/N-ethyl adjacent to an activating group) is 1. The summed E-state index contributed by atoms with van der Waals surface area (Å²) in [6, 6.07) is 5.91. The first kappa shape index (κ1) is 13.8. The molecule has 1 aromatic heterocycles. The van der Waals surface area contributed by atoms with Gasteiger partial charge in [0.25, 0.3) is 0 Å². The molecular weight excluding hydrogens is 242 g/mol. The van der Waals surface area contributed by atoms with E-state index >= 15 is 0 Å². The molecule has 0 atom stereocenters. The number of hydrogen-bond acceptors (Lipinski definition) is 4. The molecule has 0 bridgehead atoms. The Labute approximate surface area is 112 Å².